The van der Waals surface area contributed by atoms with Crippen molar-refractivity contribution < 1.29 is 9.18 Å². The van der Waals surface area contributed by atoms with Crippen molar-refractivity contribution in [3.05, 3.63) is 35.1 Å². The molecule has 17 heavy (non-hydrogen) atoms. The summed E-state index contributed by atoms with van der Waals surface area (Å²) in [4.78, 5) is 11.2. The highest BCUT2D eigenvalue weighted by molar-refractivity contribution is 5.75. The van der Waals surface area contributed by atoms with Gasteiger partial charge < -0.3 is 0 Å². The molecule has 0 aliphatic rings. The standard InChI is InChI=1S/C13H19FN2O/c1-10-9-11(7-8-12(10)14)5-3-4-6-13(17)16(2)15/h7-9H,3-6,15H2,1-2H3. The Kier molecular flexibility index (Phi) is 5.10. The lowest BCUT2D eigenvalue weighted by Crippen LogP contribution is -2.32. The third kappa shape index (κ3) is 4.53. The lowest BCUT2D eigenvalue weighted by molar-refractivity contribution is -0.130. The Balaban J connectivity index is 2.31. The predicted octanol–water partition coefficient (Wildman–Crippen LogP) is 2.18. The van der Waals surface area contributed by atoms with Gasteiger partial charge in [0, 0.05) is 13.5 Å². The fourth-order valence-electron chi connectivity index (χ4n) is 1.64. The minimum atomic E-state index is -0.173. The molecule has 1 rings (SSSR count). The van der Waals surface area contributed by atoms with Crippen LogP contribution in [0.3, 0.4) is 0 Å². The lowest BCUT2D eigenvalue weighted by atomic mass is 10.0. The van der Waals surface area contributed by atoms with Gasteiger partial charge in [-0.1, -0.05) is 12.1 Å². The first-order valence-corrected chi connectivity index (χ1v) is 5.77. The van der Waals surface area contributed by atoms with Crippen LogP contribution in [0.4, 0.5) is 4.39 Å². The number of benzene rings is 1. The highest BCUT2D eigenvalue weighted by atomic mass is 19.1. The fraction of sp³-hybridized carbons (Fsp3) is 0.462. The minimum absolute atomic E-state index is 0.0553. The number of hydrogen-bond acceptors (Lipinski definition) is 2. The predicted molar refractivity (Wildman–Crippen MR) is 65.6 cm³/mol. The van der Waals surface area contributed by atoms with Gasteiger partial charge in [0.05, 0.1) is 0 Å². The van der Waals surface area contributed by atoms with Crippen molar-refractivity contribution in [2.75, 3.05) is 7.05 Å². The molecule has 1 aromatic rings. The molecule has 3 nitrogen and oxygen atoms in total. The maximum absolute atomic E-state index is 13.0. The Morgan fingerprint density at radius 1 is 1.41 bits per heavy atom. The van der Waals surface area contributed by atoms with Crippen LogP contribution in [0, 0.1) is 12.7 Å². The van der Waals surface area contributed by atoms with Crippen molar-refractivity contribution in [3.63, 3.8) is 0 Å². The van der Waals surface area contributed by atoms with Crippen molar-refractivity contribution in [2.45, 2.75) is 32.6 Å². The first kappa shape index (κ1) is 13.6. The van der Waals surface area contributed by atoms with E-state index in [1.807, 2.05) is 6.07 Å². The number of nitrogens with two attached hydrogens (primary N) is 1. The van der Waals surface area contributed by atoms with Crippen LogP contribution < -0.4 is 5.84 Å². The summed E-state index contributed by atoms with van der Waals surface area (Å²) in [6.07, 6.45) is 3.04. The lowest BCUT2D eigenvalue weighted by Gasteiger charge is -2.09. The Morgan fingerprint density at radius 3 is 2.71 bits per heavy atom. The first-order valence-electron chi connectivity index (χ1n) is 5.77. The van der Waals surface area contributed by atoms with Gasteiger partial charge in [0.2, 0.25) is 5.91 Å². The Hall–Kier alpha value is -1.42. The van der Waals surface area contributed by atoms with Crippen LogP contribution in [0.25, 0.3) is 0 Å². The van der Waals surface area contributed by atoms with Crippen molar-refractivity contribution in [3.8, 4) is 0 Å². The number of rotatable bonds is 5. The number of carbonyl (C=O) groups is 1. The Morgan fingerprint density at radius 2 is 2.12 bits per heavy atom. The van der Waals surface area contributed by atoms with Crippen LogP contribution in [0.15, 0.2) is 18.2 Å². The van der Waals surface area contributed by atoms with Gasteiger partial charge in [-0.3, -0.25) is 9.80 Å². The van der Waals surface area contributed by atoms with E-state index in [-0.39, 0.29) is 11.7 Å². The topological polar surface area (TPSA) is 46.3 Å². The molecule has 0 unspecified atom stereocenters. The highest BCUT2D eigenvalue weighted by Crippen LogP contribution is 2.12. The zero-order valence-electron chi connectivity index (χ0n) is 10.4. The van der Waals surface area contributed by atoms with Gasteiger partial charge in [-0.2, -0.15) is 0 Å². The van der Waals surface area contributed by atoms with Crippen molar-refractivity contribution in [1.82, 2.24) is 5.01 Å². The molecule has 0 spiro atoms. The number of nitrogens with zero attached hydrogens (tertiary/aromatic N) is 1. The molecule has 0 saturated carbocycles. The minimum Gasteiger partial charge on any atom is -0.284 e. The van der Waals surface area contributed by atoms with Gasteiger partial charge in [0.25, 0.3) is 0 Å². The Labute approximate surface area is 101 Å². The average molecular weight is 238 g/mol. The summed E-state index contributed by atoms with van der Waals surface area (Å²) in [7, 11) is 1.55. The van der Waals surface area contributed by atoms with E-state index in [0.29, 0.717) is 12.0 Å². The second-order valence-corrected chi connectivity index (χ2v) is 4.30. The smallest absolute Gasteiger partial charge is 0.236 e. The van der Waals surface area contributed by atoms with E-state index >= 15 is 0 Å². The second kappa shape index (κ2) is 6.35. The van der Waals surface area contributed by atoms with Gasteiger partial charge in [-0.25, -0.2) is 10.2 Å². The average Bonchev–Trinajstić information content (AvgIpc) is 2.28. The monoisotopic (exact) mass is 238 g/mol. The number of hydrogen-bond donors (Lipinski definition) is 1. The molecule has 2 N–H and O–H groups in total. The molecule has 0 fully saturated rings. The van der Waals surface area contributed by atoms with Gasteiger partial charge in [-0.15, -0.1) is 0 Å². The molecule has 1 amide bonds. The largest absolute Gasteiger partial charge is 0.284 e. The third-order valence-electron chi connectivity index (χ3n) is 2.72. The van der Waals surface area contributed by atoms with Crippen LogP contribution in [0.1, 0.15) is 30.4 Å². The van der Waals surface area contributed by atoms with Gasteiger partial charge in [-0.05, 0) is 43.4 Å². The quantitative estimate of drug-likeness (QED) is 0.370. The van der Waals surface area contributed by atoms with Crippen LogP contribution >= 0.6 is 0 Å². The maximum atomic E-state index is 13.0. The zero-order valence-corrected chi connectivity index (χ0v) is 10.4. The van der Waals surface area contributed by atoms with Gasteiger partial charge >= 0.3 is 0 Å². The summed E-state index contributed by atoms with van der Waals surface area (Å²) >= 11 is 0. The second-order valence-electron chi connectivity index (χ2n) is 4.30. The Bertz CT molecular complexity index is 391. The van der Waals surface area contributed by atoms with Crippen molar-refractivity contribution in [2.24, 2.45) is 5.84 Å². The molecular weight excluding hydrogens is 219 g/mol. The molecule has 4 heteroatoms. The number of carbonyl (C=O) groups excluding carboxylic acids is 1. The number of unbranched alkanes of at least 4 members (excludes halogenated alkanes) is 1. The van der Waals surface area contributed by atoms with E-state index in [2.05, 4.69) is 0 Å². The van der Waals surface area contributed by atoms with Crippen LogP contribution in [-0.2, 0) is 11.2 Å². The van der Waals surface area contributed by atoms with E-state index in [9.17, 15) is 9.18 Å². The van der Waals surface area contributed by atoms with E-state index < -0.39 is 0 Å². The van der Waals surface area contributed by atoms with Gasteiger partial charge in [0.15, 0.2) is 0 Å². The maximum Gasteiger partial charge on any atom is 0.236 e. The number of aryl methyl sites for hydroxylation is 2. The molecule has 0 aliphatic carbocycles. The summed E-state index contributed by atoms with van der Waals surface area (Å²) in [5.74, 6) is 5.08. The number of halogens is 1. The molecule has 0 atom stereocenters. The zero-order chi connectivity index (χ0) is 12.8. The first-order chi connectivity index (χ1) is 8.00. The highest BCUT2D eigenvalue weighted by Gasteiger charge is 2.04. The fourth-order valence-corrected chi connectivity index (χ4v) is 1.64. The molecule has 0 aliphatic heterocycles. The number of amides is 1. The molecule has 1 aromatic carbocycles. The molecule has 0 saturated heterocycles. The van der Waals surface area contributed by atoms with Crippen LogP contribution in [0.5, 0.6) is 0 Å². The van der Waals surface area contributed by atoms with E-state index in [4.69, 9.17) is 5.84 Å². The molecule has 0 bridgehead atoms. The van der Waals surface area contributed by atoms with Crippen LogP contribution in [0.2, 0.25) is 0 Å². The summed E-state index contributed by atoms with van der Waals surface area (Å²) in [5, 5.41) is 1.11. The molecule has 94 valence electrons. The summed E-state index contributed by atoms with van der Waals surface area (Å²) in [6, 6.07) is 5.13. The van der Waals surface area contributed by atoms with E-state index in [1.54, 1.807) is 20.0 Å². The normalized spacial score (nSPS) is 10.4. The SMILES string of the molecule is Cc1cc(CCCCC(=O)N(C)N)ccc1F. The van der Waals surface area contributed by atoms with E-state index in [1.165, 1.54) is 6.07 Å². The summed E-state index contributed by atoms with van der Waals surface area (Å²) in [6.45, 7) is 1.76. The molecule has 0 aromatic heterocycles. The van der Waals surface area contributed by atoms with E-state index in [0.717, 1.165) is 29.8 Å². The number of hydrazine groups is 1. The van der Waals surface area contributed by atoms with Crippen molar-refractivity contribution >= 4 is 5.91 Å². The van der Waals surface area contributed by atoms with Crippen molar-refractivity contribution in [1.29, 1.82) is 0 Å². The van der Waals surface area contributed by atoms with Gasteiger partial charge in [0.1, 0.15) is 5.82 Å². The summed E-state index contributed by atoms with van der Waals surface area (Å²) in [5.41, 5.74) is 1.78. The summed E-state index contributed by atoms with van der Waals surface area (Å²) < 4.78 is 13.0. The third-order valence-corrected chi connectivity index (χ3v) is 2.72. The molecule has 0 heterocycles. The molecule has 0 radical (unpaired) electrons. The molecular formula is C13H19FN2O. The van der Waals surface area contributed by atoms with Crippen LogP contribution in [-0.4, -0.2) is 18.0 Å².